The summed E-state index contributed by atoms with van der Waals surface area (Å²) in [6.45, 7) is 0. The van der Waals surface area contributed by atoms with Gasteiger partial charge in [0, 0.05) is 89.0 Å². The van der Waals surface area contributed by atoms with Gasteiger partial charge >= 0.3 is 0 Å². The molecule has 7 heteroatoms. The number of para-hydroxylation sites is 1. The summed E-state index contributed by atoms with van der Waals surface area (Å²) in [6, 6.07) is 70.1. The van der Waals surface area contributed by atoms with Crippen LogP contribution in [0.3, 0.4) is 0 Å². The summed E-state index contributed by atoms with van der Waals surface area (Å²) in [7, 11) is 0. The number of hydrogen-bond donors (Lipinski definition) is 0. The number of hydrogen-bond acceptors (Lipinski definition) is 6. The molecule has 0 aliphatic heterocycles. The van der Waals surface area contributed by atoms with Gasteiger partial charge < -0.3 is 4.57 Å². The SMILES string of the molecule is c1ccc(-c2nc(-c3cc(-c4cccc5sc6ccccc6c45)cc(-n4c5ccccc5c5ccc6c7ccccc7sc6c54)c3)nc(-c3cccc4sc5ccccc5c34)n2)cc1. The van der Waals surface area contributed by atoms with Crippen LogP contribution in [0.15, 0.2) is 194 Å². The van der Waals surface area contributed by atoms with E-state index < -0.39 is 0 Å². The van der Waals surface area contributed by atoms with Crippen LogP contribution >= 0.6 is 34.0 Å². The Morgan fingerprint density at radius 3 is 1.59 bits per heavy atom. The molecule has 0 amide bonds. The molecule has 5 heterocycles. The predicted octanol–water partition coefficient (Wildman–Crippen LogP) is 16.7. The van der Waals surface area contributed by atoms with E-state index in [1.807, 2.05) is 40.9 Å². The van der Waals surface area contributed by atoms with Crippen LogP contribution in [0, 0.1) is 0 Å². The lowest BCUT2D eigenvalue weighted by Crippen LogP contribution is -2.02. The largest absolute Gasteiger partial charge is 0.308 e. The molecule has 0 aliphatic carbocycles. The van der Waals surface area contributed by atoms with E-state index in [1.54, 1.807) is 11.3 Å². The molecule has 0 spiro atoms. The van der Waals surface area contributed by atoms with Crippen molar-refractivity contribution in [3.05, 3.63) is 194 Å². The van der Waals surface area contributed by atoms with Crippen LogP contribution in [0.5, 0.6) is 0 Å². The molecule has 0 unspecified atom stereocenters. The van der Waals surface area contributed by atoms with E-state index >= 15 is 0 Å². The Balaban J connectivity index is 1.10. The van der Waals surface area contributed by atoms with Gasteiger partial charge in [-0.15, -0.1) is 34.0 Å². The summed E-state index contributed by atoms with van der Waals surface area (Å²) in [5.74, 6) is 1.91. The molecule has 5 aromatic heterocycles. The van der Waals surface area contributed by atoms with Crippen molar-refractivity contribution < 1.29 is 0 Å². The molecule has 0 bridgehead atoms. The second-order valence-electron chi connectivity index (χ2n) is 16.3. The number of nitrogens with zero attached hydrogens (tertiary/aromatic N) is 4. The lowest BCUT2D eigenvalue weighted by molar-refractivity contribution is 1.07. The van der Waals surface area contributed by atoms with E-state index in [-0.39, 0.29) is 0 Å². The average molecular weight is 869 g/mol. The van der Waals surface area contributed by atoms with Crippen molar-refractivity contribution in [2.75, 3.05) is 0 Å². The van der Waals surface area contributed by atoms with Gasteiger partial charge in [-0.2, -0.15) is 0 Å². The zero-order valence-electron chi connectivity index (χ0n) is 34.0. The van der Waals surface area contributed by atoms with Crippen LogP contribution in [-0.4, -0.2) is 19.5 Å². The molecule has 0 saturated heterocycles. The Labute approximate surface area is 378 Å². The van der Waals surface area contributed by atoms with E-state index in [0.29, 0.717) is 17.5 Å². The highest BCUT2D eigenvalue weighted by Gasteiger charge is 2.22. The molecular formula is C57H32N4S3. The number of fused-ring (bicyclic) bond motifs is 13. The maximum atomic E-state index is 5.48. The van der Waals surface area contributed by atoms with Gasteiger partial charge in [-0.25, -0.2) is 15.0 Å². The molecule has 0 saturated carbocycles. The van der Waals surface area contributed by atoms with Crippen molar-refractivity contribution in [2.24, 2.45) is 0 Å². The molecule has 298 valence electrons. The number of rotatable bonds is 5. The van der Waals surface area contributed by atoms with Gasteiger partial charge in [0.2, 0.25) is 0 Å². The summed E-state index contributed by atoms with van der Waals surface area (Å²) in [4.78, 5) is 16.1. The van der Waals surface area contributed by atoms with Gasteiger partial charge in [-0.1, -0.05) is 140 Å². The van der Waals surface area contributed by atoms with Crippen LogP contribution in [-0.2, 0) is 0 Å². The van der Waals surface area contributed by atoms with Gasteiger partial charge in [0.25, 0.3) is 0 Å². The fraction of sp³-hybridized carbons (Fsp3) is 0. The maximum Gasteiger partial charge on any atom is 0.164 e. The monoisotopic (exact) mass is 868 g/mol. The minimum absolute atomic E-state index is 0.624. The third-order valence-corrected chi connectivity index (χ3v) is 16.1. The Morgan fingerprint density at radius 1 is 0.328 bits per heavy atom. The molecule has 0 aliphatic rings. The van der Waals surface area contributed by atoms with E-state index in [9.17, 15) is 0 Å². The molecule has 9 aromatic carbocycles. The quantitative estimate of drug-likeness (QED) is 0.173. The van der Waals surface area contributed by atoms with Crippen LogP contribution in [0.1, 0.15) is 0 Å². The smallest absolute Gasteiger partial charge is 0.164 e. The summed E-state index contributed by atoms with van der Waals surface area (Å²) < 4.78 is 10.0. The number of thiophene rings is 3. The summed E-state index contributed by atoms with van der Waals surface area (Å²) in [5, 5.41) is 9.91. The van der Waals surface area contributed by atoms with Crippen molar-refractivity contribution in [1.82, 2.24) is 19.5 Å². The molecule has 0 atom stereocenters. The van der Waals surface area contributed by atoms with Crippen molar-refractivity contribution in [2.45, 2.75) is 0 Å². The predicted molar refractivity (Wildman–Crippen MR) is 275 cm³/mol. The molecule has 14 rings (SSSR count). The Kier molecular flexibility index (Phi) is 7.86. The minimum Gasteiger partial charge on any atom is -0.308 e. The molecule has 0 N–H and O–H groups in total. The summed E-state index contributed by atoms with van der Waals surface area (Å²) in [5.41, 5.74) is 8.55. The first-order valence-corrected chi connectivity index (χ1v) is 23.8. The highest BCUT2D eigenvalue weighted by Crippen LogP contribution is 2.46. The Hall–Kier alpha value is -7.55. The van der Waals surface area contributed by atoms with Crippen LogP contribution in [0.4, 0.5) is 0 Å². The number of benzene rings is 9. The summed E-state index contributed by atoms with van der Waals surface area (Å²) >= 11 is 5.52. The van der Waals surface area contributed by atoms with Gasteiger partial charge in [0.05, 0.1) is 15.7 Å². The van der Waals surface area contributed by atoms with Crippen LogP contribution in [0.2, 0.25) is 0 Å². The average Bonchev–Trinajstić information content (AvgIpc) is 4.13. The molecular weight excluding hydrogens is 837 g/mol. The zero-order valence-corrected chi connectivity index (χ0v) is 36.4. The molecule has 14 aromatic rings. The molecule has 4 nitrogen and oxygen atoms in total. The normalized spacial score (nSPS) is 12.1. The van der Waals surface area contributed by atoms with Crippen molar-refractivity contribution in [3.63, 3.8) is 0 Å². The topological polar surface area (TPSA) is 43.6 Å². The molecule has 64 heavy (non-hydrogen) atoms. The fourth-order valence-corrected chi connectivity index (χ4v) is 13.3. The minimum atomic E-state index is 0.624. The van der Waals surface area contributed by atoms with Gasteiger partial charge in [0.15, 0.2) is 17.5 Å². The van der Waals surface area contributed by atoms with Gasteiger partial charge in [-0.05, 0) is 65.7 Å². The fourth-order valence-electron chi connectivity index (χ4n) is 9.84. The third-order valence-electron chi connectivity index (χ3n) is 12.6. The molecule has 0 radical (unpaired) electrons. The lowest BCUT2D eigenvalue weighted by Gasteiger charge is -2.15. The first kappa shape index (κ1) is 36.0. The lowest BCUT2D eigenvalue weighted by atomic mass is 9.97. The van der Waals surface area contributed by atoms with Crippen LogP contribution in [0.25, 0.3) is 133 Å². The van der Waals surface area contributed by atoms with Gasteiger partial charge in [-0.3, -0.25) is 0 Å². The standard InChI is InChI=1S/C57H32N4S3/c1-2-14-33(15-3-1)55-58-56(60-57(59-55)44-21-13-27-50-52(44)43-19-7-11-25-48(43)63-50)35-30-34(37-20-12-26-49-51(37)42-18-6-10-24-47(42)62-49)31-36(32-35)61-45-22-8-4-16-38(45)40-28-29-41-39-17-5-9-23-46(39)64-54(41)53(40)61/h1-32H. The second kappa shape index (κ2) is 14.0. The van der Waals surface area contributed by atoms with Crippen molar-refractivity contribution in [1.29, 1.82) is 0 Å². The molecule has 0 fully saturated rings. The first-order chi connectivity index (χ1) is 31.7. The second-order valence-corrected chi connectivity index (χ2v) is 19.5. The van der Waals surface area contributed by atoms with E-state index in [0.717, 1.165) is 33.5 Å². The zero-order chi connectivity index (χ0) is 41.9. The summed E-state index contributed by atoms with van der Waals surface area (Å²) in [6.07, 6.45) is 0. The number of aromatic nitrogens is 4. The van der Waals surface area contributed by atoms with Crippen molar-refractivity contribution >= 4 is 116 Å². The maximum absolute atomic E-state index is 5.48. The Bertz CT molecular complexity index is 4210. The van der Waals surface area contributed by atoms with E-state index in [1.165, 1.54) is 82.4 Å². The van der Waals surface area contributed by atoms with E-state index in [2.05, 4.69) is 180 Å². The first-order valence-electron chi connectivity index (χ1n) is 21.3. The van der Waals surface area contributed by atoms with E-state index in [4.69, 9.17) is 15.0 Å². The highest BCUT2D eigenvalue weighted by atomic mass is 32.1. The van der Waals surface area contributed by atoms with Gasteiger partial charge in [0.1, 0.15) is 0 Å². The Morgan fingerprint density at radius 2 is 0.859 bits per heavy atom. The van der Waals surface area contributed by atoms with Crippen molar-refractivity contribution in [3.8, 4) is 51.0 Å². The highest BCUT2D eigenvalue weighted by molar-refractivity contribution is 7.27. The van der Waals surface area contributed by atoms with Crippen LogP contribution < -0.4 is 0 Å². The third kappa shape index (κ3) is 5.42.